The molecule has 0 bridgehead atoms. The van der Waals surface area contributed by atoms with Gasteiger partial charge in [-0.1, -0.05) is 45.0 Å². The van der Waals surface area contributed by atoms with E-state index in [9.17, 15) is 0 Å². The maximum Gasteiger partial charge on any atom is 0.101 e. The fraction of sp³-hybridized carbons (Fsp3) is 0.500. The molecule has 0 aliphatic heterocycles. The van der Waals surface area contributed by atoms with Gasteiger partial charge >= 0.3 is 0 Å². The van der Waals surface area contributed by atoms with E-state index in [1.807, 2.05) is 11.3 Å². The van der Waals surface area contributed by atoms with E-state index in [1.165, 1.54) is 39.5 Å². The summed E-state index contributed by atoms with van der Waals surface area (Å²) in [5.41, 5.74) is 4.29. The second-order valence-electron chi connectivity index (χ2n) is 6.10. The fourth-order valence-electron chi connectivity index (χ4n) is 3.08. The van der Waals surface area contributed by atoms with Crippen molar-refractivity contribution in [2.45, 2.75) is 58.5 Å². The number of nitrogens with zero attached hydrogens (tertiary/aromatic N) is 1. The lowest BCUT2D eigenvalue weighted by atomic mass is 10.0. The lowest BCUT2D eigenvalue weighted by molar-refractivity contribution is 0.590. The summed E-state index contributed by atoms with van der Waals surface area (Å²) in [4.78, 5) is 6.39. The van der Waals surface area contributed by atoms with Crippen molar-refractivity contribution in [3.05, 3.63) is 51.0 Å². The van der Waals surface area contributed by atoms with Gasteiger partial charge in [0.2, 0.25) is 0 Å². The normalized spacial score (nSPS) is 17.4. The molecule has 0 radical (unpaired) electrons. The molecule has 1 heterocycles. The van der Waals surface area contributed by atoms with Crippen LogP contribution in [0.25, 0.3) is 0 Å². The molecule has 0 saturated heterocycles. The van der Waals surface area contributed by atoms with E-state index in [4.69, 9.17) is 4.98 Å². The third-order valence-corrected chi connectivity index (χ3v) is 5.44. The number of thiazole rings is 1. The Kier molecular flexibility index (Phi) is 4.41. The Morgan fingerprint density at radius 3 is 2.90 bits per heavy atom. The molecule has 2 nitrogen and oxygen atoms in total. The first-order valence-corrected chi connectivity index (χ1v) is 8.80. The molecule has 0 amide bonds. The van der Waals surface area contributed by atoms with Gasteiger partial charge in [-0.3, -0.25) is 0 Å². The first-order chi connectivity index (χ1) is 10.2. The number of nitrogens with one attached hydrogen (secondary N) is 1. The van der Waals surface area contributed by atoms with E-state index in [1.54, 1.807) is 0 Å². The topological polar surface area (TPSA) is 24.9 Å². The zero-order valence-corrected chi connectivity index (χ0v) is 14.0. The van der Waals surface area contributed by atoms with Crippen molar-refractivity contribution in [2.24, 2.45) is 0 Å². The van der Waals surface area contributed by atoms with Crippen molar-refractivity contribution in [3.8, 4) is 0 Å². The minimum atomic E-state index is 0.518. The largest absolute Gasteiger partial charge is 0.310 e. The first kappa shape index (κ1) is 14.7. The van der Waals surface area contributed by atoms with Gasteiger partial charge in [0.1, 0.15) is 5.01 Å². The summed E-state index contributed by atoms with van der Waals surface area (Å²) < 4.78 is 0. The molecular weight excluding hydrogens is 276 g/mol. The minimum Gasteiger partial charge on any atom is -0.310 e. The highest BCUT2D eigenvalue weighted by Gasteiger charge is 2.27. The minimum absolute atomic E-state index is 0.518. The van der Waals surface area contributed by atoms with E-state index >= 15 is 0 Å². The maximum absolute atomic E-state index is 4.97. The molecule has 112 valence electrons. The van der Waals surface area contributed by atoms with Gasteiger partial charge in [0, 0.05) is 23.4 Å². The van der Waals surface area contributed by atoms with E-state index in [2.05, 4.69) is 50.4 Å². The molecule has 1 atom stereocenters. The average molecular weight is 300 g/mol. The van der Waals surface area contributed by atoms with Gasteiger partial charge in [0.15, 0.2) is 0 Å². The molecular formula is C18H24N2S. The van der Waals surface area contributed by atoms with Gasteiger partial charge in [-0.05, 0) is 30.4 Å². The fourth-order valence-corrected chi connectivity index (χ4v) is 4.34. The van der Waals surface area contributed by atoms with Crippen molar-refractivity contribution in [1.29, 1.82) is 0 Å². The third kappa shape index (κ3) is 3.04. The van der Waals surface area contributed by atoms with Gasteiger partial charge in [0.25, 0.3) is 0 Å². The summed E-state index contributed by atoms with van der Waals surface area (Å²) in [6.45, 7) is 7.55. The number of aryl methyl sites for hydroxylation is 2. The van der Waals surface area contributed by atoms with Crippen LogP contribution < -0.4 is 5.32 Å². The van der Waals surface area contributed by atoms with Crippen molar-refractivity contribution in [2.75, 3.05) is 0 Å². The quantitative estimate of drug-likeness (QED) is 0.891. The van der Waals surface area contributed by atoms with Crippen LogP contribution in [-0.4, -0.2) is 11.0 Å². The Balaban J connectivity index is 1.87. The number of hydrogen-bond donors (Lipinski definition) is 1. The molecule has 1 N–H and O–H groups in total. The van der Waals surface area contributed by atoms with Crippen LogP contribution in [0.1, 0.15) is 59.8 Å². The maximum atomic E-state index is 4.97. The molecule has 1 unspecified atom stereocenters. The summed E-state index contributed by atoms with van der Waals surface area (Å²) >= 11 is 1.91. The monoisotopic (exact) mass is 300 g/mol. The number of aromatic nitrogens is 1. The van der Waals surface area contributed by atoms with E-state index < -0.39 is 0 Å². The second kappa shape index (κ2) is 6.29. The lowest BCUT2D eigenvalue weighted by Gasteiger charge is -2.08. The molecule has 0 spiro atoms. The number of hydrogen-bond acceptors (Lipinski definition) is 3. The highest BCUT2D eigenvalue weighted by atomic mass is 32.1. The predicted molar refractivity (Wildman–Crippen MR) is 90.1 cm³/mol. The van der Waals surface area contributed by atoms with Crippen LogP contribution in [0.4, 0.5) is 0 Å². The Morgan fingerprint density at radius 2 is 2.14 bits per heavy atom. The predicted octanol–water partition coefficient (Wildman–Crippen LogP) is 4.28. The van der Waals surface area contributed by atoms with Crippen molar-refractivity contribution in [3.63, 3.8) is 0 Å². The Bertz CT molecular complexity index is 615. The molecule has 0 saturated carbocycles. The molecule has 1 aliphatic rings. The molecule has 3 heteroatoms. The number of fused-ring (bicyclic) bond motifs is 1. The molecule has 1 aromatic heterocycles. The summed E-state index contributed by atoms with van der Waals surface area (Å²) in [6.07, 6.45) is 3.44. The smallest absolute Gasteiger partial charge is 0.101 e. The van der Waals surface area contributed by atoms with E-state index in [0.29, 0.717) is 12.0 Å². The number of rotatable bonds is 5. The van der Waals surface area contributed by atoms with Crippen molar-refractivity contribution in [1.82, 2.24) is 10.3 Å². The van der Waals surface area contributed by atoms with Crippen LogP contribution in [0.3, 0.4) is 0 Å². The van der Waals surface area contributed by atoms with Crippen molar-refractivity contribution < 1.29 is 0 Å². The molecule has 21 heavy (non-hydrogen) atoms. The molecule has 1 aromatic carbocycles. The first-order valence-electron chi connectivity index (χ1n) is 7.98. The van der Waals surface area contributed by atoms with E-state index in [0.717, 1.165) is 13.0 Å². The summed E-state index contributed by atoms with van der Waals surface area (Å²) in [7, 11) is 0. The number of benzene rings is 1. The molecule has 0 fully saturated rings. The zero-order valence-electron chi connectivity index (χ0n) is 13.1. The SMILES string of the molecule is CCc1nc(C2CCc3ccccc32)sc1CNC(C)C. The lowest BCUT2D eigenvalue weighted by Crippen LogP contribution is -2.21. The Hall–Kier alpha value is -1.19. The van der Waals surface area contributed by atoms with Crippen LogP contribution >= 0.6 is 11.3 Å². The van der Waals surface area contributed by atoms with Crippen LogP contribution in [0.2, 0.25) is 0 Å². The highest BCUT2D eigenvalue weighted by Crippen LogP contribution is 2.40. The molecule has 2 aromatic rings. The standard InChI is InChI=1S/C18H24N2S/c1-4-16-17(11-19-12(2)3)21-18(20-16)15-10-9-13-7-5-6-8-14(13)15/h5-8,12,15,19H,4,9-11H2,1-3H3. The Morgan fingerprint density at radius 1 is 1.33 bits per heavy atom. The summed E-state index contributed by atoms with van der Waals surface area (Å²) in [5.74, 6) is 0.518. The van der Waals surface area contributed by atoms with Gasteiger partial charge in [-0.25, -0.2) is 4.98 Å². The molecule has 1 aliphatic carbocycles. The summed E-state index contributed by atoms with van der Waals surface area (Å²) in [6, 6.07) is 9.38. The summed E-state index contributed by atoms with van der Waals surface area (Å²) in [5, 5.41) is 4.85. The van der Waals surface area contributed by atoms with Gasteiger partial charge in [-0.2, -0.15) is 0 Å². The second-order valence-corrected chi connectivity index (χ2v) is 7.22. The Labute approximate surface area is 131 Å². The highest BCUT2D eigenvalue weighted by molar-refractivity contribution is 7.11. The van der Waals surface area contributed by atoms with Gasteiger partial charge in [0.05, 0.1) is 5.69 Å². The van der Waals surface area contributed by atoms with Crippen LogP contribution in [0, 0.1) is 0 Å². The van der Waals surface area contributed by atoms with Crippen LogP contribution in [-0.2, 0) is 19.4 Å². The van der Waals surface area contributed by atoms with Crippen LogP contribution in [0.5, 0.6) is 0 Å². The van der Waals surface area contributed by atoms with Gasteiger partial charge < -0.3 is 5.32 Å². The average Bonchev–Trinajstić information content (AvgIpc) is 3.08. The van der Waals surface area contributed by atoms with Crippen LogP contribution in [0.15, 0.2) is 24.3 Å². The van der Waals surface area contributed by atoms with E-state index in [-0.39, 0.29) is 0 Å². The molecule has 3 rings (SSSR count). The van der Waals surface area contributed by atoms with Gasteiger partial charge in [-0.15, -0.1) is 11.3 Å². The third-order valence-electron chi connectivity index (χ3n) is 4.23. The van der Waals surface area contributed by atoms with Crippen molar-refractivity contribution >= 4 is 11.3 Å². The zero-order chi connectivity index (χ0) is 14.8.